The van der Waals surface area contributed by atoms with Crippen molar-refractivity contribution < 1.29 is 9.47 Å². The zero-order valence-electron chi connectivity index (χ0n) is 32.8. The van der Waals surface area contributed by atoms with Gasteiger partial charge in [-0.05, 0) is 86.4 Å². The standard InChI is InChI=1S/C11H14N2.C11H13NS.C11H14O2.C10H12N2S/c3*1-11(2,3)8-4-5-9-10(6-8)13-7-12-9;1-10(2,3)7-5-4-6-8-9(7)12-13-11-8/h4-6H,7H2,1-3H3;4-7H,1-3H3;4-6H,7H2,1-3H3;4-6H,1-3H3. The first-order valence-corrected chi connectivity index (χ1v) is 19.4. The van der Waals surface area contributed by atoms with E-state index in [-0.39, 0.29) is 21.7 Å². The number of hydrogen-bond donors (Lipinski definition) is 0. The lowest BCUT2D eigenvalue weighted by Crippen LogP contribution is -2.24. The van der Waals surface area contributed by atoms with Crippen LogP contribution in [0.25, 0.3) is 21.3 Å². The monoisotopic (exact) mass is 735 g/mol. The lowest BCUT2D eigenvalue weighted by atomic mass is 9.86. The lowest BCUT2D eigenvalue weighted by Gasteiger charge is -2.18. The van der Waals surface area contributed by atoms with E-state index in [0.29, 0.717) is 13.5 Å². The topological polar surface area (TPSA) is 81.9 Å². The molecule has 0 bridgehead atoms. The van der Waals surface area contributed by atoms with Crippen LogP contribution in [-0.2, 0) is 21.7 Å². The normalized spacial score (nSPS) is 13.5. The predicted octanol–water partition coefficient (Wildman–Crippen LogP) is 10.5. The summed E-state index contributed by atoms with van der Waals surface area (Å²) in [6.45, 7) is 27.4. The van der Waals surface area contributed by atoms with Crippen LogP contribution in [0.4, 0.5) is 0 Å². The Bertz CT molecular complexity index is 2260. The molecule has 6 aromatic rings. The van der Waals surface area contributed by atoms with Crippen molar-refractivity contribution in [3.05, 3.63) is 111 Å². The van der Waals surface area contributed by atoms with Crippen LogP contribution in [0.3, 0.4) is 0 Å². The molecule has 0 aliphatic carbocycles. The van der Waals surface area contributed by atoms with Crippen LogP contribution in [0.5, 0.6) is 11.5 Å². The van der Waals surface area contributed by atoms with E-state index in [1.54, 1.807) is 11.3 Å². The fraction of sp³-hybridized carbons (Fsp3) is 0.419. The number of rotatable bonds is 0. The Balaban J connectivity index is 0.000000134. The molecule has 0 radical (unpaired) electrons. The van der Waals surface area contributed by atoms with Crippen LogP contribution >= 0.6 is 23.1 Å². The molecular formula is C43H53N5O2S2. The molecule has 0 fully saturated rings. The lowest BCUT2D eigenvalue weighted by molar-refractivity contribution is 0.174. The Kier molecular flexibility index (Phi) is 11.6. The molecule has 2 aliphatic rings. The number of ether oxygens (including phenoxy) is 2. The maximum atomic E-state index is 5.31. The van der Waals surface area contributed by atoms with Gasteiger partial charge >= 0.3 is 0 Å². The van der Waals surface area contributed by atoms with Crippen molar-refractivity contribution in [2.24, 2.45) is 9.98 Å². The summed E-state index contributed by atoms with van der Waals surface area (Å²) in [6, 6.07) is 25.2. The molecule has 4 heterocycles. The van der Waals surface area contributed by atoms with Gasteiger partial charge in [-0.1, -0.05) is 113 Å². The van der Waals surface area contributed by atoms with Gasteiger partial charge in [0.05, 0.1) is 38.2 Å². The molecule has 8 rings (SSSR count). The fourth-order valence-corrected chi connectivity index (χ4v) is 6.80. The molecule has 9 heteroatoms. The molecule has 0 N–H and O–H groups in total. The van der Waals surface area contributed by atoms with Crippen molar-refractivity contribution in [1.82, 2.24) is 13.7 Å². The molecule has 2 aromatic heterocycles. The minimum Gasteiger partial charge on any atom is -0.454 e. The summed E-state index contributed by atoms with van der Waals surface area (Å²) in [5, 5.41) is 2.08. The van der Waals surface area contributed by atoms with Gasteiger partial charge in [0, 0.05) is 0 Å². The highest BCUT2D eigenvalue weighted by Crippen LogP contribution is 2.36. The highest BCUT2D eigenvalue weighted by Gasteiger charge is 2.20. The van der Waals surface area contributed by atoms with E-state index >= 15 is 0 Å². The van der Waals surface area contributed by atoms with Gasteiger partial charge in [-0.15, -0.1) is 11.3 Å². The molecule has 0 amide bonds. The minimum atomic E-state index is 0.148. The minimum absolute atomic E-state index is 0.148. The molecule has 0 saturated carbocycles. The van der Waals surface area contributed by atoms with Gasteiger partial charge in [0.15, 0.2) is 11.5 Å². The first kappa shape index (κ1) is 39.0. The maximum absolute atomic E-state index is 5.31. The summed E-state index contributed by atoms with van der Waals surface area (Å²) in [4.78, 5) is 12.8. The van der Waals surface area contributed by atoms with E-state index < -0.39 is 0 Å². The van der Waals surface area contributed by atoms with Gasteiger partial charge in [-0.2, -0.15) is 8.75 Å². The second-order valence-corrected chi connectivity index (χ2v) is 18.6. The van der Waals surface area contributed by atoms with Crippen molar-refractivity contribution in [2.45, 2.75) is 105 Å². The molecule has 2 aliphatic heterocycles. The van der Waals surface area contributed by atoms with E-state index in [9.17, 15) is 0 Å². The zero-order valence-corrected chi connectivity index (χ0v) is 34.4. The van der Waals surface area contributed by atoms with Gasteiger partial charge < -0.3 is 9.47 Å². The first-order valence-electron chi connectivity index (χ1n) is 17.8. The van der Waals surface area contributed by atoms with Gasteiger partial charge in [-0.3, -0.25) is 9.98 Å². The van der Waals surface area contributed by atoms with E-state index in [4.69, 9.17) is 9.47 Å². The smallest absolute Gasteiger partial charge is 0.231 e. The molecule has 0 atom stereocenters. The number of benzene rings is 4. The Hall–Kier alpha value is -4.21. The third kappa shape index (κ3) is 9.81. The molecule has 0 saturated heterocycles. The molecule has 7 nitrogen and oxygen atoms in total. The van der Waals surface area contributed by atoms with Gasteiger partial charge in [-0.25, -0.2) is 4.98 Å². The van der Waals surface area contributed by atoms with E-state index in [2.05, 4.69) is 161 Å². The summed E-state index contributed by atoms with van der Waals surface area (Å²) >= 11 is 2.99. The second-order valence-electron chi connectivity index (χ2n) is 17.2. The fourth-order valence-electron chi connectivity index (χ4n) is 5.53. The summed E-state index contributed by atoms with van der Waals surface area (Å²) in [6.07, 6.45) is 0. The maximum Gasteiger partial charge on any atom is 0.231 e. The highest BCUT2D eigenvalue weighted by molar-refractivity contribution is 7.16. The van der Waals surface area contributed by atoms with E-state index in [1.165, 1.54) is 38.7 Å². The third-order valence-electron chi connectivity index (χ3n) is 8.85. The van der Waals surface area contributed by atoms with Crippen LogP contribution in [-0.4, -0.2) is 27.2 Å². The third-order valence-corrected chi connectivity index (χ3v) is 10.2. The van der Waals surface area contributed by atoms with Crippen LogP contribution < -0.4 is 20.2 Å². The number of fused-ring (bicyclic) bond motifs is 4. The molecule has 4 aromatic carbocycles. The van der Waals surface area contributed by atoms with Crippen LogP contribution in [0.2, 0.25) is 0 Å². The second kappa shape index (κ2) is 15.4. The quantitative estimate of drug-likeness (QED) is 0.155. The number of thiazole rings is 1. The summed E-state index contributed by atoms with van der Waals surface area (Å²) in [7, 11) is 0. The van der Waals surface area contributed by atoms with Crippen LogP contribution in [0.15, 0.2) is 88.3 Å². The van der Waals surface area contributed by atoms with Crippen molar-refractivity contribution in [1.29, 1.82) is 0 Å². The Morgan fingerprint density at radius 2 is 1.17 bits per heavy atom. The van der Waals surface area contributed by atoms with Crippen molar-refractivity contribution in [3.8, 4) is 11.5 Å². The SMILES string of the molecule is CC(C)(C)c1ccc2c(c1)=NCN=2.CC(C)(C)c1ccc2c(c1)OCO2.CC(C)(C)c1ccc2ncsc2c1.CC(C)(C)c1cccc2nsnc12. The van der Waals surface area contributed by atoms with Crippen molar-refractivity contribution in [2.75, 3.05) is 13.5 Å². The van der Waals surface area contributed by atoms with Gasteiger partial charge in [0.25, 0.3) is 0 Å². The zero-order chi connectivity index (χ0) is 37.9. The van der Waals surface area contributed by atoms with Crippen molar-refractivity contribution >= 4 is 44.3 Å². The first-order chi connectivity index (χ1) is 24.3. The predicted molar refractivity (Wildman–Crippen MR) is 218 cm³/mol. The largest absolute Gasteiger partial charge is 0.454 e. The molecular weight excluding hydrogens is 683 g/mol. The molecule has 52 heavy (non-hydrogen) atoms. The number of hydrogen-bond acceptors (Lipinski definition) is 9. The molecule has 0 spiro atoms. The average molecular weight is 736 g/mol. The molecule has 274 valence electrons. The van der Waals surface area contributed by atoms with Crippen molar-refractivity contribution in [3.63, 3.8) is 0 Å². The Morgan fingerprint density at radius 3 is 1.87 bits per heavy atom. The number of aromatic nitrogens is 3. The molecule has 0 unspecified atom stereocenters. The number of nitrogens with zero attached hydrogens (tertiary/aromatic N) is 5. The van der Waals surface area contributed by atoms with Crippen LogP contribution in [0.1, 0.15) is 105 Å². The van der Waals surface area contributed by atoms with E-state index in [1.807, 2.05) is 23.7 Å². The summed E-state index contributed by atoms with van der Waals surface area (Å²) in [5.74, 6) is 1.72. The average Bonchev–Trinajstić information content (AvgIpc) is 3.89. The van der Waals surface area contributed by atoms with Crippen LogP contribution in [0, 0.1) is 0 Å². The highest BCUT2D eigenvalue weighted by atomic mass is 32.1. The van der Waals surface area contributed by atoms with Gasteiger partial charge in [0.1, 0.15) is 17.7 Å². The Labute approximate surface area is 317 Å². The van der Waals surface area contributed by atoms with E-state index in [0.717, 1.165) is 38.8 Å². The summed E-state index contributed by atoms with van der Waals surface area (Å²) in [5.41, 5.74) is 11.1. The van der Waals surface area contributed by atoms with Gasteiger partial charge in [0.2, 0.25) is 6.79 Å². The Morgan fingerprint density at radius 1 is 0.558 bits per heavy atom. The summed E-state index contributed by atoms with van der Waals surface area (Å²) < 4.78 is 20.4.